The van der Waals surface area contributed by atoms with Crippen LogP contribution in [0.2, 0.25) is 0 Å². The van der Waals surface area contributed by atoms with Gasteiger partial charge in [0.2, 0.25) is 10.8 Å². The van der Waals surface area contributed by atoms with Crippen molar-refractivity contribution in [3.63, 3.8) is 0 Å². The van der Waals surface area contributed by atoms with Crippen LogP contribution >= 0.6 is 11.3 Å². The van der Waals surface area contributed by atoms with Crippen molar-refractivity contribution in [1.82, 2.24) is 14.6 Å². The lowest BCUT2D eigenvalue weighted by atomic mass is 9.95. The molecule has 2 N–H and O–H groups in total. The van der Waals surface area contributed by atoms with Crippen LogP contribution < -0.4 is 4.90 Å². The van der Waals surface area contributed by atoms with Gasteiger partial charge in [0.1, 0.15) is 16.5 Å². The number of aromatic nitrogens is 3. The number of halogens is 1. The van der Waals surface area contributed by atoms with E-state index < -0.39 is 0 Å². The van der Waals surface area contributed by atoms with Gasteiger partial charge in [-0.3, -0.25) is 0 Å². The molecule has 1 aliphatic rings. The largest absolute Gasteiger partial charge is 0.492 e. The molecule has 1 fully saturated rings. The van der Waals surface area contributed by atoms with Crippen LogP contribution in [-0.2, 0) is 0 Å². The average molecular weight is 361 g/mol. The second-order valence-electron chi connectivity index (χ2n) is 6.99. The number of hydrogen-bond acceptors (Lipinski definition) is 4. The maximum atomic E-state index is 13.9. The van der Waals surface area contributed by atoms with E-state index in [9.17, 15) is 9.50 Å². The van der Waals surface area contributed by atoms with Gasteiger partial charge in [0.15, 0.2) is 6.04 Å². The number of nitrogens with one attached hydrogen (secondary N) is 1. The van der Waals surface area contributed by atoms with Crippen LogP contribution in [-0.4, -0.2) is 32.8 Å². The fraction of sp³-hybridized carbons (Fsp3) is 0.444. The zero-order chi connectivity index (χ0) is 17.6. The normalized spacial score (nSPS) is 22.4. The number of fused-ring (bicyclic) bond motifs is 1. The smallest absolute Gasteiger partial charge is 0.235 e. The van der Waals surface area contributed by atoms with E-state index in [-0.39, 0.29) is 17.7 Å². The molecular weight excluding hydrogens is 339 g/mol. The van der Waals surface area contributed by atoms with Crippen LogP contribution in [0.3, 0.4) is 0 Å². The molecule has 4 rings (SSSR count). The summed E-state index contributed by atoms with van der Waals surface area (Å²) in [5.41, 5.74) is 0.889. The topological polar surface area (TPSA) is 54.9 Å². The molecule has 3 atom stereocenters. The fourth-order valence-electron chi connectivity index (χ4n) is 3.89. The molecule has 132 valence electrons. The maximum absolute atomic E-state index is 13.9. The van der Waals surface area contributed by atoms with Gasteiger partial charge in [-0.2, -0.15) is 4.52 Å². The Morgan fingerprint density at radius 3 is 3.00 bits per heavy atom. The van der Waals surface area contributed by atoms with Gasteiger partial charge in [-0.25, -0.2) is 9.37 Å². The van der Waals surface area contributed by atoms with E-state index in [1.807, 2.05) is 6.07 Å². The maximum Gasteiger partial charge on any atom is 0.235 e. The van der Waals surface area contributed by atoms with E-state index in [1.165, 1.54) is 33.2 Å². The van der Waals surface area contributed by atoms with Crippen LogP contribution in [0.15, 0.2) is 24.3 Å². The van der Waals surface area contributed by atoms with Crippen LogP contribution in [0.25, 0.3) is 4.96 Å². The lowest BCUT2D eigenvalue weighted by Gasteiger charge is -2.34. The molecule has 0 aliphatic carbocycles. The molecule has 0 saturated carbocycles. The first kappa shape index (κ1) is 16.5. The Hall–Kier alpha value is -1.99. The number of quaternary nitrogens is 1. The second-order valence-corrected chi connectivity index (χ2v) is 8.00. The van der Waals surface area contributed by atoms with Crippen LogP contribution in [0.5, 0.6) is 5.88 Å². The van der Waals surface area contributed by atoms with Gasteiger partial charge in [-0.05, 0) is 31.9 Å². The van der Waals surface area contributed by atoms with E-state index >= 15 is 0 Å². The quantitative estimate of drug-likeness (QED) is 0.753. The van der Waals surface area contributed by atoms with Gasteiger partial charge >= 0.3 is 0 Å². The molecule has 1 aliphatic heterocycles. The second kappa shape index (κ2) is 6.38. The van der Waals surface area contributed by atoms with Crippen molar-refractivity contribution >= 4 is 16.3 Å². The minimum atomic E-state index is -0.248. The van der Waals surface area contributed by atoms with Gasteiger partial charge < -0.3 is 10.0 Å². The van der Waals surface area contributed by atoms with Gasteiger partial charge in [0, 0.05) is 11.5 Å². The summed E-state index contributed by atoms with van der Waals surface area (Å²) in [4.78, 5) is 7.22. The van der Waals surface area contributed by atoms with Crippen molar-refractivity contribution in [2.24, 2.45) is 5.92 Å². The minimum Gasteiger partial charge on any atom is -0.492 e. The summed E-state index contributed by atoms with van der Waals surface area (Å²) in [6, 6.07) is 6.62. The van der Waals surface area contributed by atoms with Crippen molar-refractivity contribution in [1.29, 1.82) is 0 Å². The summed E-state index contributed by atoms with van der Waals surface area (Å²) >= 11 is 1.44. The number of hydrogen-bond donors (Lipinski definition) is 2. The predicted molar refractivity (Wildman–Crippen MR) is 94.6 cm³/mol. The lowest BCUT2D eigenvalue weighted by molar-refractivity contribution is -0.933. The van der Waals surface area contributed by atoms with E-state index in [4.69, 9.17) is 0 Å². The number of piperidine rings is 1. The first-order valence-corrected chi connectivity index (χ1v) is 9.49. The van der Waals surface area contributed by atoms with Crippen LogP contribution in [0.4, 0.5) is 4.39 Å². The van der Waals surface area contributed by atoms with Crippen molar-refractivity contribution in [2.45, 2.75) is 32.7 Å². The first-order valence-electron chi connectivity index (χ1n) is 8.68. The van der Waals surface area contributed by atoms with E-state index in [2.05, 4.69) is 17.0 Å². The summed E-state index contributed by atoms with van der Waals surface area (Å²) < 4.78 is 15.4. The Morgan fingerprint density at radius 1 is 1.44 bits per heavy atom. The standard InChI is InChI=1S/C18H21FN4OS/c1-11-5-4-8-22(10-11)15(13-6-3-7-14(19)9-13)16-17(24)23-18(25-16)20-12(2)21-23/h3,6-7,9,11,15,24H,4-5,8,10H2,1-2H3/p+1/t11-,15-/m0/s1. The van der Waals surface area contributed by atoms with Gasteiger partial charge in [0.05, 0.1) is 13.1 Å². The molecule has 5 nitrogen and oxygen atoms in total. The summed E-state index contributed by atoms with van der Waals surface area (Å²) in [6.45, 7) is 6.08. The van der Waals surface area contributed by atoms with Crippen LogP contribution in [0, 0.1) is 18.7 Å². The summed E-state index contributed by atoms with van der Waals surface area (Å²) in [7, 11) is 0. The Labute approximate surface area is 149 Å². The molecule has 1 aromatic carbocycles. The molecule has 0 radical (unpaired) electrons. The third kappa shape index (κ3) is 3.02. The SMILES string of the molecule is Cc1nc2sc([C@H](c3cccc(F)c3)[NH+]3CCC[C@H](C)C3)c(O)n2n1. The molecule has 1 unspecified atom stereocenters. The molecule has 3 heterocycles. The molecule has 0 amide bonds. The summed E-state index contributed by atoms with van der Waals surface area (Å²) in [5, 5.41) is 15.0. The third-order valence-corrected chi connectivity index (χ3v) is 6.05. The highest BCUT2D eigenvalue weighted by Gasteiger charge is 2.35. The van der Waals surface area contributed by atoms with Crippen molar-refractivity contribution < 1.29 is 14.4 Å². The Bertz CT molecular complexity index is 906. The molecular formula is C18H22FN4OS+. The number of aromatic hydroxyl groups is 1. The van der Waals surface area contributed by atoms with Gasteiger partial charge in [-0.15, -0.1) is 5.10 Å². The average Bonchev–Trinajstić information content (AvgIpc) is 3.06. The number of likely N-dealkylation sites (tertiary alicyclic amines) is 1. The van der Waals surface area contributed by atoms with Crippen molar-refractivity contribution in [3.8, 4) is 5.88 Å². The van der Waals surface area contributed by atoms with Crippen LogP contribution in [0.1, 0.15) is 42.1 Å². The van der Waals surface area contributed by atoms with Gasteiger partial charge in [0.25, 0.3) is 0 Å². The monoisotopic (exact) mass is 361 g/mol. The Morgan fingerprint density at radius 2 is 2.28 bits per heavy atom. The molecule has 7 heteroatoms. The first-order chi connectivity index (χ1) is 12.0. The number of thiazole rings is 1. The highest BCUT2D eigenvalue weighted by atomic mass is 32.1. The summed E-state index contributed by atoms with van der Waals surface area (Å²) in [5.74, 6) is 1.13. The number of nitrogens with zero attached hydrogens (tertiary/aromatic N) is 3. The summed E-state index contributed by atoms with van der Waals surface area (Å²) in [6.07, 6.45) is 2.36. The number of aryl methyl sites for hydroxylation is 1. The number of benzene rings is 1. The number of rotatable bonds is 3. The van der Waals surface area contributed by atoms with E-state index in [1.54, 1.807) is 19.1 Å². The molecule has 1 saturated heterocycles. The fourth-order valence-corrected chi connectivity index (χ4v) is 5.07. The van der Waals surface area contributed by atoms with E-state index in [0.29, 0.717) is 16.7 Å². The molecule has 0 bridgehead atoms. The highest BCUT2D eigenvalue weighted by Crippen LogP contribution is 2.35. The minimum absolute atomic E-state index is 0.104. The zero-order valence-electron chi connectivity index (χ0n) is 14.4. The highest BCUT2D eigenvalue weighted by molar-refractivity contribution is 7.17. The third-order valence-electron chi connectivity index (χ3n) is 4.96. The Balaban J connectivity index is 1.83. The molecule has 25 heavy (non-hydrogen) atoms. The van der Waals surface area contributed by atoms with Crippen molar-refractivity contribution in [2.75, 3.05) is 13.1 Å². The van der Waals surface area contributed by atoms with E-state index in [0.717, 1.165) is 30.0 Å². The molecule has 2 aromatic heterocycles. The molecule has 0 spiro atoms. The van der Waals surface area contributed by atoms with Crippen molar-refractivity contribution in [3.05, 3.63) is 46.3 Å². The Kier molecular flexibility index (Phi) is 4.21. The predicted octanol–water partition coefficient (Wildman–Crippen LogP) is 2.35. The lowest BCUT2D eigenvalue weighted by Crippen LogP contribution is -3.13. The van der Waals surface area contributed by atoms with Gasteiger partial charge in [-0.1, -0.05) is 30.4 Å². The zero-order valence-corrected chi connectivity index (χ0v) is 15.2. The molecule has 3 aromatic rings.